The van der Waals surface area contributed by atoms with Crippen LogP contribution in [0, 0.1) is 24.3 Å². The van der Waals surface area contributed by atoms with Crippen LogP contribution in [-0.2, 0) is 14.3 Å². The Bertz CT molecular complexity index is 1420. The van der Waals surface area contributed by atoms with Crippen molar-refractivity contribution in [3.05, 3.63) is 97.1 Å². The molecule has 4 rings (SSSR count). The van der Waals surface area contributed by atoms with Crippen molar-refractivity contribution in [2.75, 3.05) is 11.5 Å². The number of anilines is 1. The van der Waals surface area contributed by atoms with Gasteiger partial charge in [0.05, 0.1) is 17.3 Å². The summed E-state index contributed by atoms with van der Waals surface area (Å²) in [4.78, 5) is 45.2. The average molecular weight is 614 g/mol. The van der Waals surface area contributed by atoms with Crippen LogP contribution in [0.5, 0.6) is 0 Å². The number of carbonyl (C=O) groups is 3. The van der Waals surface area contributed by atoms with Crippen molar-refractivity contribution in [1.29, 1.82) is 0 Å². The largest absolute Gasteiger partial charge is 0.507 e. The molecule has 7 nitrogen and oxygen atoms in total. The van der Waals surface area contributed by atoms with E-state index in [4.69, 9.17) is 4.74 Å². The van der Waals surface area contributed by atoms with Crippen LogP contribution in [0.4, 0.5) is 5.13 Å². The highest BCUT2D eigenvalue weighted by atomic mass is 127. The fourth-order valence-electron chi connectivity index (χ4n) is 4.00. The molecule has 9 heteroatoms. The minimum atomic E-state index is -0.926. The van der Waals surface area contributed by atoms with Gasteiger partial charge in [0.2, 0.25) is 0 Å². The van der Waals surface area contributed by atoms with Gasteiger partial charge in [-0.15, -0.1) is 0 Å². The standard InChI is InChI=1S/C27H23IN2O5S/c1-5-12-35-26(34)24-16(4)29-27(36-24)30-21(17-8-10-18(28)11-9-17)20(23(32)25(30)33)22(31)19-13-14(2)6-7-15(19)3/h5-11,13,21,31H,1,12H2,2-4H3. The molecule has 1 unspecified atom stereocenters. The number of hydrogen-bond donors (Lipinski definition) is 1. The van der Waals surface area contributed by atoms with E-state index < -0.39 is 23.7 Å². The zero-order chi connectivity index (χ0) is 26.1. The van der Waals surface area contributed by atoms with E-state index in [9.17, 15) is 19.5 Å². The highest BCUT2D eigenvalue weighted by Crippen LogP contribution is 2.44. The molecule has 0 bridgehead atoms. The third-order valence-corrected chi connectivity index (χ3v) is 7.64. The Kier molecular flexibility index (Phi) is 7.41. The Morgan fingerprint density at radius 1 is 1.19 bits per heavy atom. The summed E-state index contributed by atoms with van der Waals surface area (Å²) in [5, 5.41) is 11.6. The van der Waals surface area contributed by atoms with Crippen molar-refractivity contribution in [3.8, 4) is 0 Å². The van der Waals surface area contributed by atoms with E-state index in [0.717, 1.165) is 26.0 Å². The first kappa shape index (κ1) is 25.8. The molecule has 184 valence electrons. The summed E-state index contributed by atoms with van der Waals surface area (Å²) >= 11 is 3.13. The van der Waals surface area contributed by atoms with Crippen LogP contribution in [0.1, 0.15) is 43.7 Å². The molecule has 1 aliphatic rings. The SMILES string of the molecule is C=CCOC(=O)c1sc(N2C(=O)C(=O)C(=C(O)c3cc(C)ccc3C)C2c2ccc(I)cc2)nc1C. The van der Waals surface area contributed by atoms with Crippen molar-refractivity contribution < 1.29 is 24.2 Å². The molecule has 1 aromatic heterocycles. The minimum absolute atomic E-state index is 0.0291. The van der Waals surface area contributed by atoms with Gasteiger partial charge in [0.25, 0.3) is 5.78 Å². The Labute approximate surface area is 226 Å². The van der Waals surface area contributed by atoms with Crippen LogP contribution < -0.4 is 4.90 Å². The number of esters is 1. The molecule has 0 aliphatic carbocycles. The predicted molar refractivity (Wildman–Crippen MR) is 147 cm³/mol. The number of ether oxygens (including phenoxy) is 1. The molecule has 2 aromatic carbocycles. The first-order valence-corrected chi connectivity index (χ1v) is 12.9. The summed E-state index contributed by atoms with van der Waals surface area (Å²) in [5.74, 6) is -2.49. The molecule has 1 amide bonds. The summed E-state index contributed by atoms with van der Waals surface area (Å²) in [7, 11) is 0. The minimum Gasteiger partial charge on any atom is -0.507 e. The average Bonchev–Trinajstić information content (AvgIpc) is 3.36. The second-order valence-corrected chi connectivity index (χ2v) is 10.6. The monoisotopic (exact) mass is 614 g/mol. The lowest BCUT2D eigenvalue weighted by Gasteiger charge is -2.23. The molecule has 3 aromatic rings. The zero-order valence-corrected chi connectivity index (χ0v) is 22.8. The van der Waals surface area contributed by atoms with Crippen LogP contribution >= 0.6 is 33.9 Å². The maximum absolute atomic E-state index is 13.4. The summed E-state index contributed by atoms with van der Waals surface area (Å²) in [5.41, 5.74) is 3.13. The summed E-state index contributed by atoms with van der Waals surface area (Å²) < 4.78 is 6.11. The number of halogens is 1. The zero-order valence-electron chi connectivity index (χ0n) is 19.9. The van der Waals surface area contributed by atoms with Crippen LogP contribution in [0.15, 0.2) is 60.7 Å². The van der Waals surface area contributed by atoms with E-state index in [-0.39, 0.29) is 27.9 Å². The van der Waals surface area contributed by atoms with Crippen molar-refractivity contribution in [2.45, 2.75) is 26.8 Å². The molecule has 0 radical (unpaired) electrons. The summed E-state index contributed by atoms with van der Waals surface area (Å²) in [6.45, 7) is 8.92. The smallest absolute Gasteiger partial charge is 0.350 e. The molecular weight excluding hydrogens is 591 g/mol. The lowest BCUT2D eigenvalue weighted by atomic mass is 9.93. The van der Waals surface area contributed by atoms with Gasteiger partial charge in [-0.2, -0.15) is 0 Å². The number of ketones is 1. The number of benzene rings is 2. The molecule has 0 spiro atoms. The number of amides is 1. The first-order valence-electron chi connectivity index (χ1n) is 11.0. The molecular formula is C27H23IN2O5S. The van der Waals surface area contributed by atoms with Gasteiger partial charge in [0, 0.05) is 9.13 Å². The van der Waals surface area contributed by atoms with Crippen molar-refractivity contribution >= 4 is 62.5 Å². The summed E-state index contributed by atoms with van der Waals surface area (Å²) in [6, 6.07) is 12.0. The molecule has 0 saturated carbocycles. The van der Waals surface area contributed by atoms with Crippen molar-refractivity contribution in [2.24, 2.45) is 0 Å². The van der Waals surface area contributed by atoms with Crippen molar-refractivity contribution in [1.82, 2.24) is 4.98 Å². The molecule has 1 saturated heterocycles. The number of rotatable bonds is 6. The number of thiazole rings is 1. The van der Waals surface area contributed by atoms with E-state index in [1.807, 2.05) is 38.1 Å². The van der Waals surface area contributed by atoms with Crippen LogP contribution in [-0.4, -0.2) is 34.4 Å². The van der Waals surface area contributed by atoms with Gasteiger partial charge in [-0.05, 0) is 72.7 Å². The molecule has 1 fully saturated rings. The number of Topliss-reactive ketones (excluding diaryl/α,β-unsaturated/α-hetero) is 1. The quantitative estimate of drug-likeness (QED) is 0.0965. The molecule has 36 heavy (non-hydrogen) atoms. The van der Waals surface area contributed by atoms with Crippen molar-refractivity contribution in [3.63, 3.8) is 0 Å². The normalized spacial score (nSPS) is 16.9. The van der Waals surface area contributed by atoms with E-state index in [0.29, 0.717) is 16.8 Å². The van der Waals surface area contributed by atoms with E-state index in [1.54, 1.807) is 25.1 Å². The second kappa shape index (κ2) is 10.4. The number of aliphatic hydroxyl groups excluding tert-OH is 1. The third kappa shape index (κ3) is 4.72. The molecule has 1 atom stereocenters. The van der Waals surface area contributed by atoms with Crippen LogP contribution in [0.25, 0.3) is 5.76 Å². The topological polar surface area (TPSA) is 96.8 Å². The van der Waals surface area contributed by atoms with E-state index >= 15 is 0 Å². The van der Waals surface area contributed by atoms with Gasteiger partial charge >= 0.3 is 11.9 Å². The second-order valence-electron chi connectivity index (χ2n) is 8.34. The first-order chi connectivity index (χ1) is 17.1. The number of aromatic nitrogens is 1. The lowest BCUT2D eigenvalue weighted by molar-refractivity contribution is -0.132. The van der Waals surface area contributed by atoms with Gasteiger partial charge in [-0.25, -0.2) is 9.78 Å². The Morgan fingerprint density at radius 2 is 1.89 bits per heavy atom. The summed E-state index contributed by atoms with van der Waals surface area (Å²) in [6.07, 6.45) is 1.46. The van der Waals surface area contributed by atoms with Crippen LogP contribution in [0.2, 0.25) is 0 Å². The molecule has 1 aliphatic heterocycles. The van der Waals surface area contributed by atoms with E-state index in [2.05, 4.69) is 34.2 Å². The fraction of sp³-hybridized carbons (Fsp3) is 0.185. The van der Waals surface area contributed by atoms with Gasteiger partial charge in [0.1, 0.15) is 17.2 Å². The Balaban J connectivity index is 1.91. The number of aryl methyl sites for hydroxylation is 3. The third-order valence-electron chi connectivity index (χ3n) is 5.79. The number of aliphatic hydroxyl groups is 1. The highest BCUT2D eigenvalue weighted by molar-refractivity contribution is 14.1. The Morgan fingerprint density at radius 3 is 2.56 bits per heavy atom. The number of hydrogen-bond acceptors (Lipinski definition) is 7. The fourth-order valence-corrected chi connectivity index (χ4v) is 5.35. The van der Waals surface area contributed by atoms with Gasteiger partial charge in [0.15, 0.2) is 5.13 Å². The van der Waals surface area contributed by atoms with E-state index in [1.165, 1.54) is 11.0 Å². The Hall–Kier alpha value is -3.31. The molecule has 1 N–H and O–H groups in total. The van der Waals surface area contributed by atoms with Gasteiger partial charge in [-0.3, -0.25) is 14.5 Å². The van der Waals surface area contributed by atoms with Crippen LogP contribution in [0.3, 0.4) is 0 Å². The maximum atomic E-state index is 13.4. The molecule has 2 heterocycles. The predicted octanol–water partition coefficient (Wildman–Crippen LogP) is 5.64. The van der Waals surface area contributed by atoms with Gasteiger partial charge < -0.3 is 9.84 Å². The maximum Gasteiger partial charge on any atom is 0.350 e. The number of carbonyl (C=O) groups excluding carboxylic acids is 3. The van der Waals surface area contributed by atoms with Gasteiger partial charge in [-0.1, -0.05) is 53.8 Å². The lowest BCUT2D eigenvalue weighted by Crippen LogP contribution is -2.29. The highest BCUT2D eigenvalue weighted by Gasteiger charge is 2.48. The number of nitrogens with zero attached hydrogens (tertiary/aromatic N) is 2.